The van der Waals surface area contributed by atoms with Crippen LogP contribution in [0.4, 0.5) is 6.01 Å². The largest absolute Gasteiger partial charge is 0.408 e. The van der Waals surface area contributed by atoms with Crippen LogP contribution >= 0.6 is 11.8 Å². The lowest BCUT2D eigenvalue weighted by Crippen LogP contribution is -2.23. The summed E-state index contributed by atoms with van der Waals surface area (Å²) in [6, 6.07) is 15.2. The second-order valence-electron chi connectivity index (χ2n) is 8.26. The number of anilines is 1. The van der Waals surface area contributed by atoms with Crippen molar-refractivity contribution < 1.29 is 9.21 Å². The molecule has 176 valence electrons. The average Bonchev–Trinajstić information content (AvgIpc) is 3.31. The zero-order chi connectivity index (χ0) is 24.1. The Morgan fingerprint density at radius 3 is 2.59 bits per heavy atom. The van der Waals surface area contributed by atoms with Crippen LogP contribution in [0.15, 0.2) is 62.9 Å². The van der Waals surface area contributed by atoms with Crippen molar-refractivity contribution in [3.63, 3.8) is 0 Å². The molecule has 9 heteroatoms. The highest BCUT2D eigenvalue weighted by atomic mass is 32.2. The molecule has 0 bridgehead atoms. The van der Waals surface area contributed by atoms with E-state index >= 15 is 0 Å². The summed E-state index contributed by atoms with van der Waals surface area (Å²) in [6.07, 6.45) is 3.24. The Bertz CT molecular complexity index is 1340. The molecule has 0 aliphatic rings. The average molecular weight is 478 g/mol. The van der Waals surface area contributed by atoms with Gasteiger partial charge in [0.1, 0.15) is 0 Å². The van der Waals surface area contributed by atoms with Gasteiger partial charge in [-0.3, -0.25) is 19.5 Å². The molecule has 2 aromatic heterocycles. The number of carbonyl (C=O) groups excluding carboxylic acids is 1. The van der Waals surface area contributed by atoms with Gasteiger partial charge in [0.15, 0.2) is 5.16 Å². The predicted octanol–water partition coefficient (Wildman–Crippen LogP) is 4.97. The molecule has 2 aromatic carbocycles. The molecular formula is C25H27N5O3S. The van der Waals surface area contributed by atoms with Crippen LogP contribution in [0.2, 0.25) is 0 Å². The minimum absolute atomic E-state index is 0.0265. The molecule has 0 aliphatic heterocycles. The summed E-state index contributed by atoms with van der Waals surface area (Å²) in [7, 11) is 0. The lowest BCUT2D eigenvalue weighted by atomic mass is 10.1. The van der Waals surface area contributed by atoms with Crippen LogP contribution in [0.1, 0.15) is 51.0 Å². The van der Waals surface area contributed by atoms with E-state index in [-0.39, 0.29) is 29.2 Å². The van der Waals surface area contributed by atoms with Gasteiger partial charge < -0.3 is 4.42 Å². The van der Waals surface area contributed by atoms with Gasteiger partial charge in [0.25, 0.3) is 5.56 Å². The molecule has 4 rings (SSSR count). The van der Waals surface area contributed by atoms with E-state index in [0.717, 1.165) is 19.3 Å². The maximum absolute atomic E-state index is 13.4. The molecule has 1 N–H and O–H groups in total. The molecule has 2 heterocycles. The van der Waals surface area contributed by atoms with Gasteiger partial charge in [-0.2, -0.15) is 0 Å². The Hall–Kier alpha value is -3.46. The molecule has 4 aromatic rings. The van der Waals surface area contributed by atoms with E-state index in [1.807, 2.05) is 50.2 Å². The number of rotatable bonds is 9. The number of unbranched alkanes of at least 4 members (excludes halogenated alkanes) is 1. The van der Waals surface area contributed by atoms with E-state index in [9.17, 15) is 9.59 Å². The normalized spacial score (nSPS) is 11.3. The third kappa shape index (κ3) is 5.36. The lowest BCUT2D eigenvalue weighted by Gasteiger charge is -2.13. The third-order valence-electron chi connectivity index (χ3n) is 5.27. The molecule has 0 spiro atoms. The van der Waals surface area contributed by atoms with E-state index < -0.39 is 0 Å². The molecule has 0 atom stereocenters. The number of para-hydroxylation sites is 1. The minimum atomic E-state index is -0.326. The number of nitrogens with one attached hydrogen (secondary N) is 1. The van der Waals surface area contributed by atoms with Crippen molar-refractivity contribution in [3.8, 4) is 5.69 Å². The number of hydrogen-bond acceptors (Lipinski definition) is 7. The summed E-state index contributed by atoms with van der Waals surface area (Å²) in [6.45, 7) is 6.02. The van der Waals surface area contributed by atoms with Gasteiger partial charge in [-0.05, 0) is 42.7 Å². The van der Waals surface area contributed by atoms with Crippen LogP contribution in [0.3, 0.4) is 0 Å². The number of amides is 1. The molecule has 1 amide bonds. The van der Waals surface area contributed by atoms with E-state index in [0.29, 0.717) is 27.6 Å². The predicted molar refractivity (Wildman–Crippen MR) is 134 cm³/mol. The topological polar surface area (TPSA) is 103 Å². The molecule has 0 saturated heterocycles. The Morgan fingerprint density at radius 1 is 1.12 bits per heavy atom. The van der Waals surface area contributed by atoms with E-state index in [1.165, 1.54) is 17.3 Å². The monoisotopic (exact) mass is 477 g/mol. The fourth-order valence-corrected chi connectivity index (χ4v) is 4.25. The zero-order valence-corrected chi connectivity index (χ0v) is 20.3. The second kappa shape index (κ2) is 10.6. The first kappa shape index (κ1) is 23.7. The number of fused-ring (bicyclic) bond motifs is 1. The summed E-state index contributed by atoms with van der Waals surface area (Å²) in [5, 5.41) is 11.3. The summed E-state index contributed by atoms with van der Waals surface area (Å²) < 4.78 is 7.01. The number of thioether (sulfide) groups is 1. The Morgan fingerprint density at radius 2 is 1.88 bits per heavy atom. The summed E-state index contributed by atoms with van der Waals surface area (Å²) >= 11 is 1.18. The quantitative estimate of drug-likeness (QED) is 0.268. The van der Waals surface area contributed by atoms with Crippen LogP contribution in [-0.4, -0.2) is 31.4 Å². The highest BCUT2D eigenvalue weighted by Gasteiger charge is 2.17. The Balaban J connectivity index is 1.60. The number of benzene rings is 2. The molecule has 0 radical (unpaired) electrons. The highest BCUT2D eigenvalue weighted by Crippen LogP contribution is 2.22. The molecule has 34 heavy (non-hydrogen) atoms. The van der Waals surface area contributed by atoms with Crippen molar-refractivity contribution in [1.82, 2.24) is 19.7 Å². The van der Waals surface area contributed by atoms with Crippen LogP contribution in [0, 0.1) is 0 Å². The Kier molecular flexibility index (Phi) is 7.42. The van der Waals surface area contributed by atoms with Crippen molar-refractivity contribution >= 4 is 34.6 Å². The molecule has 0 unspecified atom stereocenters. The van der Waals surface area contributed by atoms with Gasteiger partial charge in [0.2, 0.25) is 11.8 Å². The Labute approximate surface area is 201 Å². The fraction of sp³-hybridized carbons (Fsp3) is 0.320. The minimum Gasteiger partial charge on any atom is -0.408 e. The van der Waals surface area contributed by atoms with Crippen molar-refractivity contribution in [3.05, 3.63) is 70.3 Å². The van der Waals surface area contributed by atoms with Gasteiger partial charge >= 0.3 is 6.01 Å². The number of hydrogen-bond donors (Lipinski definition) is 1. The van der Waals surface area contributed by atoms with Crippen LogP contribution in [0.5, 0.6) is 0 Å². The van der Waals surface area contributed by atoms with Crippen molar-refractivity contribution in [2.24, 2.45) is 0 Å². The van der Waals surface area contributed by atoms with Crippen LogP contribution < -0.4 is 10.9 Å². The van der Waals surface area contributed by atoms with Crippen LogP contribution in [-0.2, 0) is 11.2 Å². The third-order valence-corrected chi connectivity index (χ3v) is 6.21. The second-order valence-corrected chi connectivity index (χ2v) is 9.20. The highest BCUT2D eigenvalue weighted by molar-refractivity contribution is 7.99. The first-order chi connectivity index (χ1) is 16.5. The zero-order valence-electron chi connectivity index (χ0n) is 19.4. The molecule has 8 nitrogen and oxygen atoms in total. The van der Waals surface area contributed by atoms with Crippen molar-refractivity contribution in [2.45, 2.75) is 51.1 Å². The number of nitrogens with zero attached hydrogens (tertiary/aromatic N) is 4. The first-order valence-electron chi connectivity index (χ1n) is 11.3. The standard InChI is InChI=1S/C25H27N5O3S/c1-4-5-8-17-11-13-18(14-12-17)30-23(32)19-9-6-7-10-20(19)26-25(30)34-15-21(31)27-24-29-28-22(33-24)16(2)3/h6-7,9-14,16H,4-5,8,15H2,1-3H3,(H,27,29,31). The smallest absolute Gasteiger partial charge is 0.322 e. The van der Waals surface area contributed by atoms with Gasteiger partial charge in [0, 0.05) is 5.92 Å². The molecule has 0 aliphatic carbocycles. The van der Waals surface area contributed by atoms with Gasteiger partial charge in [0.05, 0.1) is 22.3 Å². The molecular weight excluding hydrogens is 450 g/mol. The van der Waals surface area contributed by atoms with E-state index in [4.69, 9.17) is 4.42 Å². The summed E-state index contributed by atoms with van der Waals surface area (Å²) in [5.74, 6) is 0.221. The van der Waals surface area contributed by atoms with E-state index in [1.54, 1.807) is 16.7 Å². The summed E-state index contributed by atoms with van der Waals surface area (Å²) in [4.78, 5) is 30.6. The van der Waals surface area contributed by atoms with Gasteiger partial charge in [-0.15, -0.1) is 5.10 Å². The SMILES string of the molecule is CCCCc1ccc(-n2c(SCC(=O)Nc3nnc(C(C)C)o3)nc3ccccc3c2=O)cc1. The fourth-order valence-electron chi connectivity index (χ4n) is 3.43. The first-order valence-corrected chi connectivity index (χ1v) is 12.3. The summed E-state index contributed by atoms with van der Waals surface area (Å²) in [5.41, 5.74) is 2.35. The molecule has 0 saturated carbocycles. The van der Waals surface area contributed by atoms with E-state index in [2.05, 4.69) is 27.4 Å². The van der Waals surface area contributed by atoms with Crippen LogP contribution in [0.25, 0.3) is 16.6 Å². The number of aryl methyl sites for hydroxylation is 1. The maximum atomic E-state index is 13.4. The van der Waals surface area contributed by atoms with Crippen molar-refractivity contribution in [2.75, 3.05) is 11.1 Å². The van der Waals surface area contributed by atoms with Gasteiger partial charge in [-0.25, -0.2) is 4.98 Å². The lowest BCUT2D eigenvalue weighted by molar-refractivity contribution is -0.113. The molecule has 0 fully saturated rings. The van der Waals surface area contributed by atoms with Gasteiger partial charge in [-0.1, -0.05) is 68.3 Å². The number of carbonyl (C=O) groups is 1. The maximum Gasteiger partial charge on any atom is 0.322 e. The number of aromatic nitrogens is 4. The van der Waals surface area contributed by atoms with Crippen molar-refractivity contribution in [1.29, 1.82) is 0 Å².